The maximum Gasteiger partial charge on any atom is 0.292 e. The van der Waals surface area contributed by atoms with Crippen LogP contribution in [0.4, 0.5) is 17.2 Å². The van der Waals surface area contributed by atoms with Crippen LogP contribution < -0.4 is 10.6 Å². The van der Waals surface area contributed by atoms with Crippen molar-refractivity contribution >= 4 is 23.1 Å². The number of rotatable bonds is 8. The molecule has 0 radical (unpaired) electrons. The van der Waals surface area contributed by atoms with Gasteiger partial charge < -0.3 is 10.6 Å². The number of hydrogen-bond acceptors (Lipinski definition) is 5. The molecule has 2 aromatic carbocycles. The first kappa shape index (κ1) is 19.1. The average molecular weight is 379 g/mol. The van der Waals surface area contributed by atoms with E-state index in [9.17, 15) is 14.9 Å². The van der Waals surface area contributed by atoms with Crippen molar-refractivity contribution < 1.29 is 9.72 Å². The Kier molecular flexibility index (Phi) is 6.01. The van der Waals surface area contributed by atoms with E-state index in [1.807, 2.05) is 43.3 Å². The molecule has 0 atom stereocenters. The number of nitrogens with one attached hydrogen (secondary N) is 2. The fourth-order valence-corrected chi connectivity index (χ4v) is 2.82. The number of anilines is 2. The molecule has 2 N–H and O–H groups in total. The SMILES string of the molecule is Cc1cc(NC(=O)CCNc2ccccc2[N+](=O)[O-])n(Cc2ccccc2)n1. The molecule has 0 aliphatic rings. The molecule has 0 fully saturated rings. The maximum atomic E-state index is 12.3. The van der Waals surface area contributed by atoms with Gasteiger partial charge in [0.05, 0.1) is 17.2 Å². The van der Waals surface area contributed by atoms with Crippen LogP contribution in [0.5, 0.6) is 0 Å². The van der Waals surface area contributed by atoms with Crippen LogP contribution in [0.15, 0.2) is 60.7 Å². The lowest BCUT2D eigenvalue weighted by atomic mass is 10.2. The quantitative estimate of drug-likeness (QED) is 0.460. The number of aryl methyl sites for hydroxylation is 1. The van der Waals surface area contributed by atoms with Gasteiger partial charge in [0.15, 0.2) is 0 Å². The molecule has 0 unspecified atom stereocenters. The molecule has 0 bridgehead atoms. The third kappa shape index (κ3) is 4.94. The van der Waals surface area contributed by atoms with E-state index in [-0.39, 0.29) is 24.6 Å². The molecule has 8 heteroatoms. The van der Waals surface area contributed by atoms with Crippen LogP contribution in [-0.2, 0) is 11.3 Å². The van der Waals surface area contributed by atoms with Crippen LogP contribution in [0.1, 0.15) is 17.7 Å². The zero-order chi connectivity index (χ0) is 19.9. The third-order valence-corrected chi connectivity index (χ3v) is 4.11. The van der Waals surface area contributed by atoms with Gasteiger partial charge in [0, 0.05) is 25.1 Å². The second-order valence-electron chi connectivity index (χ2n) is 6.31. The van der Waals surface area contributed by atoms with E-state index in [1.165, 1.54) is 6.07 Å². The molecule has 28 heavy (non-hydrogen) atoms. The third-order valence-electron chi connectivity index (χ3n) is 4.11. The van der Waals surface area contributed by atoms with Crippen LogP contribution >= 0.6 is 0 Å². The van der Waals surface area contributed by atoms with Gasteiger partial charge in [0.25, 0.3) is 5.69 Å². The van der Waals surface area contributed by atoms with Crippen LogP contribution in [0.3, 0.4) is 0 Å². The summed E-state index contributed by atoms with van der Waals surface area (Å²) in [5, 5.41) is 21.3. The highest BCUT2D eigenvalue weighted by Crippen LogP contribution is 2.23. The van der Waals surface area contributed by atoms with E-state index in [4.69, 9.17) is 0 Å². The molecule has 1 amide bonds. The van der Waals surface area contributed by atoms with Crippen molar-refractivity contribution in [1.29, 1.82) is 0 Å². The lowest BCUT2D eigenvalue weighted by Crippen LogP contribution is -2.19. The Hall–Kier alpha value is -3.68. The topological polar surface area (TPSA) is 102 Å². The highest BCUT2D eigenvalue weighted by molar-refractivity contribution is 5.90. The van der Waals surface area contributed by atoms with Gasteiger partial charge in [-0.05, 0) is 18.6 Å². The van der Waals surface area contributed by atoms with Gasteiger partial charge in [-0.3, -0.25) is 14.9 Å². The molecule has 0 saturated carbocycles. The first-order valence-corrected chi connectivity index (χ1v) is 8.88. The molecule has 1 heterocycles. The van der Waals surface area contributed by atoms with Crippen molar-refractivity contribution in [3.63, 3.8) is 0 Å². The number of carbonyl (C=O) groups excluding carboxylic acids is 1. The number of nitro groups is 1. The molecule has 3 rings (SSSR count). The normalized spacial score (nSPS) is 10.5. The smallest absolute Gasteiger partial charge is 0.292 e. The average Bonchev–Trinajstić information content (AvgIpc) is 3.01. The van der Waals surface area contributed by atoms with E-state index in [0.29, 0.717) is 18.1 Å². The number of carbonyl (C=O) groups is 1. The predicted molar refractivity (Wildman–Crippen MR) is 107 cm³/mol. The second-order valence-corrected chi connectivity index (χ2v) is 6.31. The van der Waals surface area contributed by atoms with E-state index in [2.05, 4.69) is 15.7 Å². The summed E-state index contributed by atoms with van der Waals surface area (Å²) in [6, 6.07) is 18.0. The minimum atomic E-state index is -0.451. The number of hydrogen-bond donors (Lipinski definition) is 2. The molecule has 1 aromatic heterocycles. The number of aromatic nitrogens is 2. The van der Waals surface area contributed by atoms with Gasteiger partial charge in [-0.2, -0.15) is 5.10 Å². The van der Waals surface area contributed by atoms with Gasteiger partial charge in [0.2, 0.25) is 5.91 Å². The summed E-state index contributed by atoms with van der Waals surface area (Å²) in [6.45, 7) is 2.70. The van der Waals surface area contributed by atoms with Crippen molar-refractivity contribution in [2.45, 2.75) is 19.9 Å². The number of nitro benzene ring substituents is 1. The van der Waals surface area contributed by atoms with Crippen LogP contribution in [0, 0.1) is 17.0 Å². The lowest BCUT2D eigenvalue weighted by Gasteiger charge is -2.10. The molecule has 0 aliphatic carbocycles. The highest BCUT2D eigenvalue weighted by atomic mass is 16.6. The summed E-state index contributed by atoms with van der Waals surface area (Å²) >= 11 is 0. The number of nitrogens with zero attached hydrogens (tertiary/aromatic N) is 3. The summed E-state index contributed by atoms with van der Waals surface area (Å²) in [4.78, 5) is 22.9. The Morgan fingerprint density at radius 1 is 1.14 bits per heavy atom. The van der Waals surface area contributed by atoms with Crippen LogP contribution in [0.2, 0.25) is 0 Å². The number of amides is 1. The van der Waals surface area contributed by atoms with Crippen LogP contribution in [0.25, 0.3) is 0 Å². The van der Waals surface area contributed by atoms with Crippen molar-refractivity contribution in [3.05, 3.63) is 82.0 Å². The molecular weight excluding hydrogens is 358 g/mol. The fraction of sp³-hybridized carbons (Fsp3) is 0.200. The van der Waals surface area contributed by atoms with E-state index in [0.717, 1.165) is 11.3 Å². The van der Waals surface area contributed by atoms with Gasteiger partial charge >= 0.3 is 0 Å². The minimum absolute atomic E-state index is 0.0144. The molecule has 0 saturated heterocycles. The zero-order valence-electron chi connectivity index (χ0n) is 15.5. The summed E-state index contributed by atoms with van der Waals surface area (Å²) < 4.78 is 1.75. The summed E-state index contributed by atoms with van der Waals surface area (Å²) in [5.41, 5.74) is 2.27. The van der Waals surface area contributed by atoms with Gasteiger partial charge in [-0.1, -0.05) is 42.5 Å². The van der Waals surface area contributed by atoms with Crippen molar-refractivity contribution in [3.8, 4) is 0 Å². The minimum Gasteiger partial charge on any atom is -0.379 e. The Labute approximate surface area is 162 Å². The monoisotopic (exact) mass is 379 g/mol. The van der Waals surface area contributed by atoms with Gasteiger partial charge in [0.1, 0.15) is 11.5 Å². The van der Waals surface area contributed by atoms with Crippen molar-refractivity contribution in [2.75, 3.05) is 17.2 Å². The largest absolute Gasteiger partial charge is 0.379 e. The lowest BCUT2D eigenvalue weighted by molar-refractivity contribution is -0.384. The Morgan fingerprint density at radius 2 is 1.86 bits per heavy atom. The summed E-state index contributed by atoms with van der Waals surface area (Å²) in [7, 11) is 0. The first-order valence-electron chi connectivity index (χ1n) is 8.88. The molecule has 0 spiro atoms. The highest BCUT2D eigenvalue weighted by Gasteiger charge is 2.13. The molecule has 3 aromatic rings. The van der Waals surface area contributed by atoms with Crippen molar-refractivity contribution in [2.24, 2.45) is 0 Å². The molecule has 144 valence electrons. The predicted octanol–water partition coefficient (Wildman–Crippen LogP) is 3.59. The summed E-state index contributed by atoms with van der Waals surface area (Å²) in [5.74, 6) is 0.428. The standard InChI is InChI=1S/C20H21N5O3/c1-15-13-19(24(23-15)14-16-7-3-2-4-8-16)22-20(26)11-12-21-17-9-5-6-10-18(17)25(27)28/h2-10,13,21H,11-12,14H2,1H3,(H,22,26). The molecular formula is C20H21N5O3. The van der Waals surface area contributed by atoms with E-state index < -0.39 is 4.92 Å². The maximum absolute atomic E-state index is 12.3. The molecule has 0 aliphatic heterocycles. The van der Waals surface area contributed by atoms with E-state index in [1.54, 1.807) is 22.9 Å². The zero-order valence-corrected chi connectivity index (χ0v) is 15.5. The Morgan fingerprint density at radius 3 is 2.61 bits per heavy atom. The number of para-hydroxylation sites is 2. The van der Waals surface area contributed by atoms with Crippen LogP contribution in [-0.4, -0.2) is 27.2 Å². The Bertz CT molecular complexity index is 969. The van der Waals surface area contributed by atoms with E-state index >= 15 is 0 Å². The summed E-state index contributed by atoms with van der Waals surface area (Å²) in [6.07, 6.45) is 0.168. The molecule has 8 nitrogen and oxygen atoms in total. The Balaban J connectivity index is 1.58. The van der Waals surface area contributed by atoms with Gasteiger partial charge in [-0.25, -0.2) is 4.68 Å². The van der Waals surface area contributed by atoms with Crippen molar-refractivity contribution in [1.82, 2.24) is 9.78 Å². The fourth-order valence-electron chi connectivity index (χ4n) is 2.82. The van der Waals surface area contributed by atoms with Gasteiger partial charge in [-0.15, -0.1) is 0 Å². The second kappa shape index (κ2) is 8.81. The first-order chi connectivity index (χ1) is 13.5. The number of benzene rings is 2.